The Bertz CT molecular complexity index is 419. The molecule has 140 valence electrons. The molecular weight excluding hydrogens is 512 g/mol. The summed E-state index contributed by atoms with van der Waals surface area (Å²) in [5.74, 6) is 0. The van der Waals surface area contributed by atoms with Crippen molar-refractivity contribution < 1.29 is 68.3 Å². The van der Waals surface area contributed by atoms with Crippen LogP contribution in [0.3, 0.4) is 0 Å². The van der Waals surface area contributed by atoms with Crippen LogP contribution in [0, 0.1) is 25.7 Å². The molecule has 0 aliphatic heterocycles. The Balaban J connectivity index is -0.0000000521. The van der Waals surface area contributed by atoms with E-state index in [1.165, 1.54) is 0 Å². The molecule has 4 heteroatoms. The van der Waals surface area contributed by atoms with E-state index in [1.807, 2.05) is 121 Å². The fourth-order valence-corrected chi connectivity index (χ4v) is 1.28. The number of rotatable bonds is 0. The average molecular weight is 536 g/mol. The van der Waals surface area contributed by atoms with Gasteiger partial charge in [-0.3, -0.25) is 0 Å². The van der Waals surface area contributed by atoms with Crippen molar-refractivity contribution in [2.24, 2.45) is 0 Å². The zero-order valence-corrected chi connectivity index (χ0v) is 19.7. The van der Waals surface area contributed by atoms with Crippen molar-refractivity contribution in [2.75, 3.05) is 0 Å². The van der Waals surface area contributed by atoms with Gasteiger partial charge in [-0.25, -0.2) is 36.4 Å². The molecule has 4 rings (SSSR count). The molecule has 0 atom stereocenters. The molecule has 4 aromatic carbocycles. The summed E-state index contributed by atoms with van der Waals surface area (Å²) in [6.45, 7) is 0. The molecule has 0 aliphatic rings. The third-order valence-electron chi connectivity index (χ3n) is 2.22. The smallest absolute Gasteiger partial charge is 0.748 e. The van der Waals surface area contributed by atoms with E-state index in [4.69, 9.17) is 0 Å². The van der Waals surface area contributed by atoms with Gasteiger partial charge < -0.3 is 30.3 Å². The van der Waals surface area contributed by atoms with Crippen molar-refractivity contribution >= 4 is 0 Å². The molecule has 0 aliphatic carbocycles. The molecule has 0 bridgehead atoms. The van der Waals surface area contributed by atoms with Crippen molar-refractivity contribution in [2.45, 2.75) is 0 Å². The Labute approximate surface area is 213 Å². The molecule has 0 heterocycles. The van der Waals surface area contributed by atoms with Gasteiger partial charge in [0.15, 0.2) is 0 Å². The molecule has 4 aromatic rings. The van der Waals surface area contributed by atoms with E-state index in [9.17, 15) is 0 Å². The van der Waals surface area contributed by atoms with E-state index >= 15 is 0 Å². The summed E-state index contributed by atoms with van der Waals surface area (Å²) in [6.07, 6.45) is 16.0. The Hall–Kier alpha value is -1.40. The van der Waals surface area contributed by atoms with E-state index in [0.717, 1.165) is 0 Å². The Morgan fingerprint density at radius 2 is 0.464 bits per heavy atom. The predicted molar refractivity (Wildman–Crippen MR) is 108 cm³/mol. The first-order chi connectivity index (χ1) is 12.0. The quantitative estimate of drug-likeness (QED) is 0.145. The summed E-state index contributed by atoms with van der Waals surface area (Å²) in [4.78, 5) is 0. The van der Waals surface area contributed by atoms with Crippen LogP contribution in [0.5, 0.6) is 0 Å². The van der Waals surface area contributed by atoms with Gasteiger partial charge in [-0.2, -0.15) is 54.6 Å². The van der Waals surface area contributed by atoms with Crippen molar-refractivity contribution in [1.82, 2.24) is 0 Å². The number of terminal acetylenes is 2. The molecule has 0 saturated heterocycles. The minimum Gasteiger partial charge on any atom is -0.748 e. The summed E-state index contributed by atoms with van der Waals surface area (Å²) < 4.78 is 0. The van der Waals surface area contributed by atoms with Gasteiger partial charge in [0.05, 0.1) is 0 Å². The van der Waals surface area contributed by atoms with Crippen LogP contribution in [-0.4, -0.2) is 0 Å². The molecule has 0 unspecified atom stereocenters. The van der Waals surface area contributed by atoms with Crippen LogP contribution in [-0.2, 0) is 68.3 Å². The molecule has 4 radical (unpaired) electrons. The van der Waals surface area contributed by atoms with E-state index < -0.39 is 0 Å². The summed E-state index contributed by atoms with van der Waals surface area (Å²) in [5.41, 5.74) is 0. The van der Waals surface area contributed by atoms with Gasteiger partial charge in [-0.15, -0.1) is 25.7 Å². The van der Waals surface area contributed by atoms with Crippen LogP contribution in [0.15, 0.2) is 121 Å². The Morgan fingerprint density at radius 1 is 0.321 bits per heavy atom. The van der Waals surface area contributed by atoms with Crippen molar-refractivity contribution in [3.05, 3.63) is 121 Å². The maximum Gasteiger partial charge on any atom is 5.00 e. The molecule has 0 aromatic heterocycles. The monoisotopic (exact) mass is 536 g/mol. The molecule has 28 heavy (non-hydrogen) atoms. The first-order valence-corrected chi connectivity index (χ1v) is 7.33. The fraction of sp³-hybridized carbons (Fsp3) is 0. The van der Waals surface area contributed by atoms with Gasteiger partial charge in [0.2, 0.25) is 0 Å². The maximum absolute atomic E-state index is 4.00. The zero-order chi connectivity index (χ0) is 18.1. The Morgan fingerprint density at radius 3 is 0.536 bits per heavy atom. The minimum atomic E-state index is 0. The van der Waals surface area contributed by atoms with Crippen molar-refractivity contribution in [1.29, 1.82) is 0 Å². The molecular formula is C24H24Fe4+12. The molecule has 0 spiro atoms. The first kappa shape index (κ1) is 41.1. The van der Waals surface area contributed by atoms with Crippen molar-refractivity contribution in [3.63, 3.8) is 0 Å². The molecule has 0 amide bonds. The summed E-state index contributed by atoms with van der Waals surface area (Å²) in [6, 6.07) is 40.0. The van der Waals surface area contributed by atoms with Crippen LogP contribution in [0.25, 0.3) is 0 Å². The number of hydrogen-bond donors (Lipinski definition) is 0. The van der Waals surface area contributed by atoms with Gasteiger partial charge in [-0.05, 0) is 0 Å². The normalized spacial score (nSPS) is 5.86. The summed E-state index contributed by atoms with van der Waals surface area (Å²) in [7, 11) is 0. The molecule has 0 saturated carbocycles. The SMILES string of the molecule is C#C.C#C.[Fe+5].[Fe+5].[Fe+5].[Fe+5].[cH-]1[cH-][cH-][cH-][cH-]1.c1cc[cH-]c1.c1cc[cH-]c1.c1cc[cH-]c1. The van der Waals surface area contributed by atoms with Gasteiger partial charge in [0.1, 0.15) is 0 Å². The summed E-state index contributed by atoms with van der Waals surface area (Å²) in [5, 5.41) is 0. The van der Waals surface area contributed by atoms with E-state index in [-0.39, 0.29) is 68.3 Å². The largest absolute Gasteiger partial charge is 5.00 e. The second kappa shape index (κ2) is 44.8. The first-order valence-electron chi connectivity index (χ1n) is 7.33. The van der Waals surface area contributed by atoms with Crippen LogP contribution in [0.2, 0.25) is 0 Å². The topological polar surface area (TPSA) is 0 Å². The third kappa shape index (κ3) is 39.6. The van der Waals surface area contributed by atoms with E-state index in [0.29, 0.717) is 0 Å². The predicted octanol–water partition coefficient (Wildman–Crippen LogP) is 6.11. The van der Waals surface area contributed by atoms with Crippen LogP contribution in [0.1, 0.15) is 0 Å². The van der Waals surface area contributed by atoms with Crippen LogP contribution in [0.4, 0.5) is 0 Å². The standard InChI is InChI=1S/4C5H5.2C2H2.4Fe/c4*1-2-4-5-3-1;2*1-2;;;;/h4*1-5H;2*1-2H;;;;/q-5;3*-1;;;4*+5. The fourth-order valence-electron chi connectivity index (χ4n) is 1.28. The van der Waals surface area contributed by atoms with E-state index in [1.54, 1.807) is 0 Å². The average Bonchev–Trinajstić information content (AvgIpc) is 3.48. The van der Waals surface area contributed by atoms with E-state index in [2.05, 4.69) is 25.7 Å². The molecule has 0 fully saturated rings. The van der Waals surface area contributed by atoms with Gasteiger partial charge in [-0.1, -0.05) is 0 Å². The van der Waals surface area contributed by atoms with Crippen molar-refractivity contribution in [3.8, 4) is 25.7 Å². The zero-order valence-electron chi connectivity index (χ0n) is 15.3. The minimum absolute atomic E-state index is 0. The second-order valence-electron chi connectivity index (χ2n) is 3.85. The van der Waals surface area contributed by atoms with Crippen LogP contribution < -0.4 is 0 Å². The van der Waals surface area contributed by atoms with Gasteiger partial charge in [0.25, 0.3) is 0 Å². The number of hydrogen-bond acceptors (Lipinski definition) is 0. The van der Waals surface area contributed by atoms with Gasteiger partial charge in [0, 0.05) is 0 Å². The molecule has 0 nitrogen and oxygen atoms in total. The van der Waals surface area contributed by atoms with Crippen LogP contribution >= 0.6 is 0 Å². The second-order valence-corrected chi connectivity index (χ2v) is 3.85. The summed E-state index contributed by atoms with van der Waals surface area (Å²) >= 11 is 0. The third-order valence-corrected chi connectivity index (χ3v) is 2.22. The molecule has 0 N–H and O–H groups in total. The van der Waals surface area contributed by atoms with Gasteiger partial charge >= 0.3 is 68.3 Å². The maximum atomic E-state index is 4.00. The Kier molecular flexibility index (Phi) is 65.7.